The molecule has 0 amide bonds. The molecule has 1 nitrogen and oxygen atoms in total. The van der Waals surface area contributed by atoms with Crippen molar-refractivity contribution in [2.24, 2.45) is 5.41 Å². The Balaban J connectivity index is 3.01. The summed E-state index contributed by atoms with van der Waals surface area (Å²) in [6.45, 7) is 8.64. The molecular formula is C23H47FO. The van der Waals surface area contributed by atoms with Crippen molar-refractivity contribution in [3.05, 3.63) is 0 Å². The summed E-state index contributed by atoms with van der Waals surface area (Å²) in [5.41, 5.74) is 0.444. The van der Waals surface area contributed by atoms with Crippen LogP contribution in [0.15, 0.2) is 0 Å². The maximum atomic E-state index is 11.9. The van der Waals surface area contributed by atoms with Gasteiger partial charge in [-0.3, -0.25) is 4.39 Å². The molecule has 0 unspecified atom stereocenters. The second kappa shape index (κ2) is 18.7. The first-order chi connectivity index (χ1) is 12.1. The molecule has 0 spiro atoms. The third-order valence-corrected chi connectivity index (χ3v) is 4.89. The van der Waals surface area contributed by atoms with E-state index >= 15 is 0 Å². The van der Waals surface area contributed by atoms with E-state index in [0.29, 0.717) is 5.41 Å². The molecule has 152 valence electrons. The minimum atomic E-state index is -0.134. The Morgan fingerprint density at radius 1 is 0.520 bits per heavy atom. The number of halogens is 1. The van der Waals surface area contributed by atoms with Gasteiger partial charge in [-0.05, 0) is 31.1 Å². The van der Waals surface area contributed by atoms with Crippen LogP contribution in [0.25, 0.3) is 0 Å². The molecule has 0 heterocycles. The van der Waals surface area contributed by atoms with Gasteiger partial charge in [-0.2, -0.15) is 0 Å². The summed E-state index contributed by atoms with van der Waals surface area (Å²) in [5.74, 6) is 0. The van der Waals surface area contributed by atoms with Gasteiger partial charge in [-0.25, -0.2) is 0 Å². The number of hydrogen-bond acceptors (Lipinski definition) is 1. The molecule has 0 atom stereocenters. The Bertz CT molecular complexity index is 247. The fourth-order valence-corrected chi connectivity index (χ4v) is 3.23. The molecule has 0 aromatic heterocycles. The predicted molar refractivity (Wildman–Crippen MR) is 110 cm³/mol. The van der Waals surface area contributed by atoms with Crippen LogP contribution in [0, 0.1) is 5.41 Å². The van der Waals surface area contributed by atoms with E-state index in [9.17, 15) is 4.39 Å². The van der Waals surface area contributed by atoms with E-state index in [2.05, 4.69) is 20.8 Å². The zero-order valence-corrected chi connectivity index (χ0v) is 17.7. The molecule has 0 saturated carbocycles. The van der Waals surface area contributed by atoms with Crippen LogP contribution in [-0.2, 0) is 4.74 Å². The molecule has 0 bridgehead atoms. The lowest BCUT2D eigenvalue weighted by atomic mass is 9.91. The molecule has 0 fully saturated rings. The van der Waals surface area contributed by atoms with Gasteiger partial charge in [0, 0.05) is 13.2 Å². The first-order valence-electron chi connectivity index (χ1n) is 11.2. The fourth-order valence-electron chi connectivity index (χ4n) is 3.23. The highest BCUT2D eigenvalue weighted by atomic mass is 19.1. The molecule has 0 aliphatic rings. The molecule has 0 N–H and O–H groups in total. The van der Waals surface area contributed by atoms with Gasteiger partial charge in [0.25, 0.3) is 0 Å². The van der Waals surface area contributed by atoms with Gasteiger partial charge in [0.05, 0.1) is 6.67 Å². The predicted octanol–water partition coefficient (Wildman–Crippen LogP) is 8.26. The average molecular weight is 359 g/mol. The van der Waals surface area contributed by atoms with Crippen molar-refractivity contribution < 1.29 is 9.13 Å². The Morgan fingerprint density at radius 3 is 1.28 bits per heavy atom. The maximum Gasteiger partial charge on any atom is 0.0894 e. The smallest absolute Gasteiger partial charge is 0.0894 e. The Labute approximate surface area is 158 Å². The summed E-state index contributed by atoms with van der Waals surface area (Å²) in [6, 6.07) is 0. The van der Waals surface area contributed by atoms with E-state index in [4.69, 9.17) is 4.74 Å². The van der Waals surface area contributed by atoms with Gasteiger partial charge in [-0.15, -0.1) is 0 Å². The number of ether oxygens (including phenoxy) is 1. The van der Waals surface area contributed by atoms with Gasteiger partial charge in [-0.1, -0.05) is 97.8 Å². The van der Waals surface area contributed by atoms with E-state index < -0.39 is 0 Å². The van der Waals surface area contributed by atoms with E-state index in [0.717, 1.165) is 26.1 Å². The molecule has 0 saturated heterocycles. The second-order valence-electron chi connectivity index (χ2n) is 8.92. The van der Waals surface area contributed by atoms with Crippen LogP contribution in [0.3, 0.4) is 0 Å². The van der Waals surface area contributed by atoms with Crippen LogP contribution in [0.5, 0.6) is 0 Å². The number of alkyl halides is 1. The van der Waals surface area contributed by atoms with Crippen LogP contribution in [0.4, 0.5) is 4.39 Å². The monoisotopic (exact) mass is 358 g/mol. The minimum absolute atomic E-state index is 0.134. The van der Waals surface area contributed by atoms with Gasteiger partial charge < -0.3 is 4.74 Å². The fraction of sp³-hybridized carbons (Fsp3) is 1.00. The Kier molecular flexibility index (Phi) is 18.6. The molecular weight excluding hydrogens is 311 g/mol. The van der Waals surface area contributed by atoms with E-state index in [1.54, 1.807) is 0 Å². The third-order valence-electron chi connectivity index (χ3n) is 4.89. The topological polar surface area (TPSA) is 9.23 Å². The van der Waals surface area contributed by atoms with E-state index in [-0.39, 0.29) is 6.67 Å². The largest absolute Gasteiger partial charge is 0.381 e. The zero-order valence-electron chi connectivity index (χ0n) is 17.7. The lowest BCUT2D eigenvalue weighted by Crippen LogP contribution is -2.07. The summed E-state index contributed by atoms with van der Waals surface area (Å²) in [5, 5.41) is 0. The van der Waals surface area contributed by atoms with E-state index in [1.807, 2.05) is 0 Å². The molecule has 0 aromatic carbocycles. The molecule has 0 aromatic rings. The van der Waals surface area contributed by atoms with Gasteiger partial charge in [0.15, 0.2) is 0 Å². The number of unbranched alkanes of at least 4 members (excludes halogenated alkanes) is 13. The van der Waals surface area contributed by atoms with Gasteiger partial charge in [0.1, 0.15) is 0 Å². The van der Waals surface area contributed by atoms with Crippen molar-refractivity contribution in [2.45, 2.75) is 124 Å². The normalized spacial score (nSPS) is 12.0. The average Bonchev–Trinajstić information content (AvgIpc) is 2.56. The molecule has 0 aliphatic heterocycles. The number of hydrogen-bond donors (Lipinski definition) is 0. The first-order valence-corrected chi connectivity index (χ1v) is 11.2. The molecule has 2 heteroatoms. The van der Waals surface area contributed by atoms with Crippen molar-refractivity contribution >= 4 is 0 Å². The quantitative estimate of drug-likeness (QED) is 0.211. The van der Waals surface area contributed by atoms with Crippen LogP contribution >= 0.6 is 0 Å². The van der Waals surface area contributed by atoms with Crippen molar-refractivity contribution in [1.29, 1.82) is 0 Å². The zero-order chi connectivity index (χ0) is 18.6. The summed E-state index contributed by atoms with van der Waals surface area (Å²) in [6.07, 6.45) is 20.5. The lowest BCUT2D eigenvalue weighted by Gasteiger charge is -2.17. The van der Waals surface area contributed by atoms with Crippen LogP contribution < -0.4 is 0 Å². The summed E-state index contributed by atoms with van der Waals surface area (Å²) in [4.78, 5) is 0. The van der Waals surface area contributed by atoms with Crippen molar-refractivity contribution in [2.75, 3.05) is 19.9 Å². The highest BCUT2D eigenvalue weighted by molar-refractivity contribution is 4.60. The first kappa shape index (κ1) is 24.9. The van der Waals surface area contributed by atoms with Crippen LogP contribution in [-0.4, -0.2) is 19.9 Å². The Morgan fingerprint density at radius 2 is 0.880 bits per heavy atom. The molecule has 0 radical (unpaired) electrons. The standard InChI is InChI=1S/C23H47FO/c1-23(2,3)19-18-22-25-21-17-15-13-11-9-7-5-4-6-8-10-12-14-16-20-24/h4-22H2,1-3H3. The minimum Gasteiger partial charge on any atom is -0.381 e. The van der Waals surface area contributed by atoms with Gasteiger partial charge in [0.2, 0.25) is 0 Å². The van der Waals surface area contributed by atoms with Crippen LogP contribution in [0.2, 0.25) is 0 Å². The van der Waals surface area contributed by atoms with Crippen LogP contribution in [0.1, 0.15) is 124 Å². The third kappa shape index (κ3) is 23.9. The van der Waals surface area contributed by atoms with Crippen molar-refractivity contribution in [3.63, 3.8) is 0 Å². The maximum absolute atomic E-state index is 11.9. The highest BCUT2D eigenvalue weighted by Gasteiger charge is 2.08. The lowest BCUT2D eigenvalue weighted by molar-refractivity contribution is 0.118. The summed E-state index contributed by atoms with van der Waals surface area (Å²) < 4.78 is 17.7. The van der Waals surface area contributed by atoms with Crippen molar-refractivity contribution in [3.8, 4) is 0 Å². The molecule has 0 aliphatic carbocycles. The Hall–Kier alpha value is -0.110. The number of rotatable bonds is 19. The van der Waals surface area contributed by atoms with E-state index in [1.165, 1.54) is 89.9 Å². The summed E-state index contributed by atoms with van der Waals surface area (Å²) >= 11 is 0. The van der Waals surface area contributed by atoms with Crippen molar-refractivity contribution in [1.82, 2.24) is 0 Å². The highest BCUT2D eigenvalue weighted by Crippen LogP contribution is 2.20. The second-order valence-corrected chi connectivity index (χ2v) is 8.92. The summed E-state index contributed by atoms with van der Waals surface area (Å²) in [7, 11) is 0. The molecule has 25 heavy (non-hydrogen) atoms. The van der Waals surface area contributed by atoms with Gasteiger partial charge >= 0.3 is 0 Å². The molecule has 0 rings (SSSR count). The SMILES string of the molecule is CC(C)(C)CCCOCCCCCCCCCCCCCCCCF.